The van der Waals surface area contributed by atoms with E-state index in [1.165, 1.54) is 0 Å². The van der Waals surface area contributed by atoms with Gasteiger partial charge in [-0.1, -0.05) is 55.5 Å². The van der Waals surface area contributed by atoms with Gasteiger partial charge in [0, 0.05) is 12.2 Å². The van der Waals surface area contributed by atoms with Gasteiger partial charge in [-0.25, -0.2) is 0 Å². The van der Waals surface area contributed by atoms with Gasteiger partial charge in [0.25, 0.3) is 0 Å². The fourth-order valence-corrected chi connectivity index (χ4v) is 2.41. The van der Waals surface area contributed by atoms with Crippen LogP contribution in [-0.4, -0.2) is 18.4 Å². The molecule has 0 spiro atoms. The van der Waals surface area contributed by atoms with Gasteiger partial charge in [-0.15, -0.1) is 0 Å². The maximum atomic E-state index is 12.0. The Morgan fingerprint density at radius 2 is 1.52 bits per heavy atom. The molecule has 23 heavy (non-hydrogen) atoms. The topological polar surface area (TPSA) is 58.2 Å². The zero-order valence-electron chi connectivity index (χ0n) is 13.7. The van der Waals surface area contributed by atoms with Crippen molar-refractivity contribution in [3.8, 4) is 0 Å². The molecule has 4 heteroatoms. The Bertz CT molecular complexity index is 676. The number of aryl methyl sites for hydroxylation is 2. The highest BCUT2D eigenvalue weighted by atomic mass is 16.2. The summed E-state index contributed by atoms with van der Waals surface area (Å²) in [6.07, 6.45) is 0. The Morgan fingerprint density at radius 3 is 2.13 bits per heavy atom. The molecule has 1 atom stereocenters. The summed E-state index contributed by atoms with van der Waals surface area (Å²) in [7, 11) is 0. The van der Waals surface area contributed by atoms with E-state index < -0.39 is 11.8 Å². The summed E-state index contributed by atoms with van der Waals surface area (Å²) in [5, 5.41) is 5.38. The average Bonchev–Trinajstić information content (AvgIpc) is 2.56. The molecule has 2 aromatic rings. The van der Waals surface area contributed by atoms with Crippen LogP contribution in [0.5, 0.6) is 0 Å². The van der Waals surface area contributed by atoms with Crippen LogP contribution < -0.4 is 10.6 Å². The Morgan fingerprint density at radius 1 is 0.913 bits per heavy atom. The van der Waals surface area contributed by atoms with Gasteiger partial charge in [-0.2, -0.15) is 0 Å². The SMILES string of the molecule is Cc1cccc(C)c1NC(=O)C(=O)NC[C@@H](C)c1ccccc1. The molecule has 0 saturated heterocycles. The van der Waals surface area contributed by atoms with Crippen molar-refractivity contribution in [1.82, 2.24) is 5.32 Å². The molecule has 2 amide bonds. The third-order valence-corrected chi connectivity index (χ3v) is 3.86. The molecular formula is C19H22N2O2. The standard InChI is InChI=1S/C19H22N2O2/c1-13-8-7-9-14(2)17(13)21-19(23)18(22)20-12-15(3)16-10-5-4-6-11-16/h4-11,15H,12H2,1-3H3,(H,20,22)(H,21,23)/t15-/m1/s1. The lowest BCUT2D eigenvalue weighted by molar-refractivity contribution is -0.136. The molecule has 2 aromatic carbocycles. The lowest BCUT2D eigenvalue weighted by Gasteiger charge is -2.14. The Labute approximate surface area is 136 Å². The van der Waals surface area contributed by atoms with Crippen LogP contribution in [0.15, 0.2) is 48.5 Å². The van der Waals surface area contributed by atoms with Gasteiger partial charge in [-0.3, -0.25) is 9.59 Å². The van der Waals surface area contributed by atoms with Gasteiger partial charge in [-0.05, 0) is 36.5 Å². The number of carbonyl (C=O) groups is 2. The van der Waals surface area contributed by atoms with Crippen LogP contribution in [-0.2, 0) is 9.59 Å². The van der Waals surface area contributed by atoms with Gasteiger partial charge >= 0.3 is 11.8 Å². The molecule has 0 unspecified atom stereocenters. The van der Waals surface area contributed by atoms with Crippen molar-refractivity contribution in [2.24, 2.45) is 0 Å². The largest absolute Gasteiger partial charge is 0.347 e. The van der Waals surface area contributed by atoms with E-state index >= 15 is 0 Å². The molecule has 0 fully saturated rings. The molecule has 4 nitrogen and oxygen atoms in total. The van der Waals surface area contributed by atoms with Gasteiger partial charge in [0.15, 0.2) is 0 Å². The molecule has 0 radical (unpaired) electrons. The molecule has 0 aliphatic rings. The highest BCUT2D eigenvalue weighted by Gasteiger charge is 2.16. The smallest absolute Gasteiger partial charge is 0.313 e. The zero-order chi connectivity index (χ0) is 16.8. The van der Waals surface area contributed by atoms with Crippen molar-refractivity contribution in [2.75, 3.05) is 11.9 Å². The third kappa shape index (κ3) is 4.42. The lowest BCUT2D eigenvalue weighted by atomic mass is 10.0. The van der Waals surface area contributed by atoms with Crippen LogP contribution in [0.2, 0.25) is 0 Å². The first-order chi connectivity index (χ1) is 11.0. The minimum atomic E-state index is -0.636. The summed E-state index contributed by atoms with van der Waals surface area (Å²) in [5.74, 6) is -1.11. The van der Waals surface area contributed by atoms with Crippen LogP contribution in [0.25, 0.3) is 0 Å². The molecule has 2 N–H and O–H groups in total. The fourth-order valence-electron chi connectivity index (χ4n) is 2.41. The number of benzene rings is 2. The molecule has 0 aliphatic carbocycles. The summed E-state index contributed by atoms with van der Waals surface area (Å²) in [6.45, 7) is 6.23. The summed E-state index contributed by atoms with van der Waals surface area (Å²) < 4.78 is 0. The van der Waals surface area contributed by atoms with E-state index in [0.29, 0.717) is 12.2 Å². The predicted molar refractivity (Wildman–Crippen MR) is 92.4 cm³/mol. The quantitative estimate of drug-likeness (QED) is 0.852. The van der Waals surface area contributed by atoms with Gasteiger partial charge in [0.1, 0.15) is 0 Å². The first-order valence-corrected chi connectivity index (χ1v) is 7.69. The van der Waals surface area contributed by atoms with Crippen LogP contribution in [0.4, 0.5) is 5.69 Å². The van der Waals surface area contributed by atoms with E-state index in [4.69, 9.17) is 0 Å². The van der Waals surface area contributed by atoms with Crippen LogP contribution in [0.3, 0.4) is 0 Å². The van der Waals surface area contributed by atoms with E-state index in [1.54, 1.807) is 0 Å². The first-order valence-electron chi connectivity index (χ1n) is 7.69. The normalized spacial score (nSPS) is 11.6. The number of amides is 2. The molecule has 0 heterocycles. The van der Waals surface area contributed by atoms with Crippen molar-refractivity contribution in [3.05, 3.63) is 65.2 Å². The summed E-state index contributed by atoms with van der Waals surface area (Å²) in [5.41, 5.74) is 3.69. The molecule has 0 saturated carbocycles. The van der Waals surface area contributed by atoms with E-state index in [2.05, 4.69) is 10.6 Å². The number of nitrogens with one attached hydrogen (secondary N) is 2. The highest BCUT2D eigenvalue weighted by molar-refractivity contribution is 6.39. The second-order valence-corrected chi connectivity index (χ2v) is 5.74. The minimum absolute atomic E-state index is 0.146. The number of para-hydroxylation sites is 1. The van der Waals surface area contributed by atoms with Crippen molar-refractivity contribution in [1.29, 1.82) is 0 Å². The summed E-state index contributed by atoms with van der Waals surface area (Å²) in [6, 6.07) is 15.6. The lowest BCUT2D eigenvalue weighted by Crippen LogP contribution is -2.37. The highest BCUT2D eigenvalue weighted by Crippen LogP contribution is 2.19. The average molecular weight is 310 g/mol. The monoisotopic (exact) mass is 310 g/mol. The minimum Gasteiger partial charge on any atom is -0.347 e. The van der Waals surface area contributed by atoms with E-state index in [1.807, 2.05) is 69.3 Å². The Hall–Kier alpha value is -2.62. The van der Waals surface area contributed by atoms with E-state index in [0.717, 1.165) is 16.7 Å². The molecule has 0 aromatic heterocycles. The molecule has 120 valence electrons. The van der Waals surface area contributed by atoms with Crippen molar-refractivity contribution < 1.29 is 9.59 Å². The van der Waals surface area contributed by atoms with Crippen LogP contribution in [0.1, 0.15) is 29.5 Å². The molecule has 0 aliphatic heterocycles. The van der Waals surface area contributed by atoms with Gasteiger partial charge < -0.3 is 10.6 Å². The van der Waals surface area contributed by atoms with Gasteiger partial charge in [0.2, 0.25) is 0 Å². The van der Waals surface area contributed by atoms with Crippen molar-refractivity contribution >= 4 is 17.5 Å². The predicted octanol–water partition coefficient (Wildman–Crippen LogP) is 3.16. The Balaban J connectivity index is 1.92. The second-order valence-electron chi connectivity index (χ2n) is 5.74. The summed E-state index contributed by atoms with van der Waals surface area (Å²) >= 11 is 0. The number of hydrogen-bond donors (Lipinski definition) is 2. The van der Waals surface area contributed by atoms with Crippen molar-refractivity contribution in [3.63, 3.8) is 0 Å². The fraction of sp³-hybridized carbons (Fsp3) is 0.263. The van der Waals surface area contributed by atoms with E-state index in [-0.39, 0.29) is 5.92 Å². The molecule has 2 rings (SSSR count). The molecule has 0 bridgehead atoms. The summed E-state index contributed by atoms with van der Waals surface area (Å²) in [4.78, 5) is 24.0. The van der Waals surface area contributed by atoms with Crippen molar-refractivity contribution in [2.45, 2.75) is 26.7 Å². The zero-order valence-corrected chi connectivity index (χ0v) is 13.7. The van der Waals surface area contributed by atoms with Gasteiger partial charge in [0.05, 0.1) is 0 Å². The first kappa shape index (κ1) is 16.7. The molecular weight excluding hydrogens is 288 g/mol. The third-order valence-electron chi connectivity index (χ3n) is 3.86. The number of hydrogen-bond acceptors (Lipinski definition) is 2. The number of anilines is 1. The van der Waals surface area contributed by atoms with Crippen LogP contribution in [0, 0.1) is 13.8 Å². The number of rotatable bonds is 4. The van der Waals surface area contributed by atoms with Crippen LogP contribution >= 0.6 is 0 Å². The second kappa shape index (κ2) is 7.58. The Kier molecular flexibility index (Phi) is 5.52. The maximum absolute atomic E-state index is 12.0. The maximum Gasteiger partial charge on any atom is 0.313 e. The number of carbonyl (C=O) groups excluding carboxylic acids is 2. The van der Waals surface area contributed by atoms with E-state index in [9.17, 15) is 9.59 Å².